The zero-order valence-corrected chi connectivity index (χ0v) is 15.2. The summed E-state index contributed by atoms with van der Waals surface area (Å²) in [4.78, 5) is 28.8. The Balaban J connectivity index is 1.53. The lowest BCUT2D eigenvalue weighted by Gasteiger charge is -2.22. The summed E-state index contributed by atoms with van der Waals surface area (Å²) in [6.45, 7) is 0.427. The molecule has 142 valence electrons. The molecular weight excluding hydrogens is 345 g/mol. The van der Waals surface area contributed by atoms with Crippen LogP contribution in [-0.4, -0.2) is 29.4 Å². The summed E-state index contributed by atoms with van der Waals surface area (Å²) in [5.41, 5.74) is 1.60. The number of amides is 2. The monoisotopic (exact) mass is 369 g/mol. The van der Waals surface area contributed by atoms with E-state index < -0.39 is 0 Å². The average molecular weight is 369 g/mol. The number of rotatable bonds is 6. The second-order valence-corrected chi connectivity index (χ2v) is 6.87. The van der Waals surface area contributed by atoms with E-state index in [0.717, 1.165) is 31.2 Å². The summed E-state index contributed by atoms with van der Waals surface area (Å²) >= 11 is 0. The summed E-state index contributed by atoms with van der Waals surface area (Å²) in [6.07, 6.45) is 7.56. The van der Waals surface area contributed by atoms with E-state index in [4.69, 9.17) is 0 Å². The van der Waals surface area contributed by atoms with Gasteiger partial charge in [0.25, 0.3) is 11.8 Å². The minimum Gasteiger partial charge on any atom is -0.352 e. The van der Waals surface area contributed by atoms with Crippen molar-refractivity contribution in [2.24, 2.45) is 0 Å². The van der Waals surface area contributed by atoms with E-state index in [-0.39, 0.29) is 29.4 Å². The number of aromatic nitrogens is 1. The number of carbonyl (C=O) groups is 2. The Morgan fingerprint density at radius 2 is 1.78 bits per heavy atom. The summed E-state index contributed by atoms with van der Waals surface area (Å²) in [5.74, 6) is -0.771. The molecule has 1 saturated carbocycles. The van der Waals surface area contributed by atoms with Crippen LogP contribution in [0.1, 0.15) is 58.5 Å². The Hall–Kier alpha value is -2.76. The van der Waals surface area contributed by atoms with Crippen molar-refractivity contribution >= 4 is 11.8 Å². The lowest BCUT2D eigenvalue weighted by atomic mass is 9.95. The number of hydrogen-bond acceptors (Lipinski definition) is 3. The highest BCUT2D eigenvalue weighted by Gasteiger charge is 2.18. The van der Waals surface area contributed by atoms with Crippen LogP contribution in [0.25, 0.3) is 0 Å². The van der Waals surface area contributed by atoms with Gasteiger partial charge in [0, 0.05) is 24.3 Å². The number of nitrogens with zero attached hydrogens (tertiary/aromatic N) is 1. The van der Waals surface area contributed by atoms with Crippen molar-refractivity contribution in [3.05, 3.63) is 65.2 Å². The largest absolute Gasteiger partial charge is 0.352 e. The lowest BCUT2D eigenvalue weighted by molar-refractivity contribution is 0.0922. The highest BCUT2D eigenvalue weighted by Crippen LogP contribution is 2.17. The fourth-order valence-electron chi connectivity index (χ4n) is 3.28. The normalized spacial score (nSPS) is 14.6. The van der Waals surface area contributed by atoms with Crippen molar-refractivity contribution in [1.82, 2.24) is 15.6 Å². The number of hydrogen-bond donors (Lipinski definition) is 2. The number of carbonyl (C=O) groups excluding carboxylic acids is 2. The van der Waals surface area contributed by atoms with Gasteiger partial charge in [0.2, 0.25) is 0 Å². The van der Waals surface area contributed by atoms with Gasteiger partial charge in [-0.05, 0) is 49.1 Å². The molecule has 0 saturated heterocycles. The SMILES string of the molecule is O=C(NCCc1ccc(F)cc1)c1ccnc(C(=O)NC2CCCCC2)c1. The van der Waals surface area contributed by atoms with Crippen LogP contribution in [0.3, 0.4) is 0 Å². The maximum atomic E-state index is 12.9. The maximum absolute atomic E-state index is 12.9. The van der Waals surface area contributed by atoms with Crippen molar-refractivity contribution in [3.63, 3.8) is 0 Å². The fourth-order valence-corrected chi connectivity index (χ4v) is 3.28. The molecule has 1 heterocycles. The molecule has 6 heteroatoms. The van der Waals surface area contributed by atoms with Crippen molar-refractivity contribution in [3.8, 4) is 0 Å². The van der Waals surface area contributed by atoms with Gasteiger partial charge < -0.3 is 10.6 Å². The van der Waals surface area contributed by atoms with E-state index in [1.807, 2.05) is 0 Å². The molecule has 2 aromatic rings. The van der Waals surface area contributed by atoms with E-state index in [1.54, 1.807) is 18.2 Å². The van der Waals surface area contributed by atoms with Gasteiger partial charge >= 0.3 is 0 Å². The molecule has 0 aliphatic heterocycles. The van der Waals surface area contributed by atoms with Crippen LogP contribution in [0.2, 0.25) is 0 Å². The van der Waals surface area contributed by atoms with Crippen LogP contribution < -0.4 is 10.6 Å². The Morgan fingerprint density at radius 3 is 2.52 bits per heavy atom. The highest BCUT2D eigenvalue weighted by atomic mass is 19.1. The minimum absolute atomic E-state index is 0.196. The lowest BCUT2D eigenvalue weighted by Crippen LogP contribution is -2.36. The first-order valence-electron chi connectivity index (χ1n) is 9.41. The molecule has 0 unspecified atom stereocenters. The molecule has 0 radical (unpaired) electrons. The molecule has 1 aromatic heterocycles. The van der Waals surface area contributed by atoms with Gasteiger partial charge in [-0.2, -0.15) is 0 Å². The highest BCUT2D eigenvalue weighted by molar-refractivity contribution is 5.98. The first-order valence-corrected chi connectivity index (χ1v) is 9.41. The van der Waals surface area contributed by atoms with Crippen molar-refractivity contribution in [1.29, 1.82) is 0 Å². The second-order valence-electron chi connectivity index (χ2n) is 6.87. The van der Waals surface area contributed by atoms with Gasteiger partial charge in [0.15, 0.2) is 0 Å². The molecule has 0 atom stereocenters. The summed E-state index contributed by atoms with van der Waals surface area (Å²) in [5, 5.41) is 5.82. The molecular formula is C21H24FN3O2. The Bertz CT molecular complexity index is 786. The van der Waals surface area contributed by atoms with Gasteiger partial charge in [-0.15, -0.1) is 0 Å². The van der Waals surface area contributed by atoms with E-state index in [9.17, 15) is 14.0 Å². The number of pyridine rings is 1. The van der Waals surface area contributed by atoms with Crippen LogP contribution in [0, 0.1) is 5.82 Å². The van der Waals surface area contributed by atoms with Gasteiger partial charge in [0.1, 0.15) is 11.5 Å². The first-order chi connectivity index (χ1) is 13.1. The van der Waals surface area contributed by atoms with Crippen molar-refractivity contribution < 1.29 is 14.0 Å². The first kappa shape index (κ1) is 19.0. The summed E-state index contributed by atoms with van der Waals surface area (Å²) in [7, 11) is 0. The standard InChI is InChI=1S/C21H24FN3O2/c22-17-8-6-15(7-9-17)10-12-24-20(26)16-11-13-23-19(14-16)21(27)25-18-4-2-1-3-5-18/h6-9,11,13-14,18H,1-5,10,12H2,(H,24,26)(H,25,27). The topological polar surface area (TPSA) is 71.1 Å². The number of nitrogens with one attached hydrogen (secondary N) is 2. The molecule has 1 aliphatic rings. The van der Waals surface area contributed by atoms with Crippen LogP contribution in [-0.2, 0) is 6.42 Å². The Kier molecular flexibility index (Phi) is 6.52. The van der Waals surface area contributed by atoms with E-state index in [1.165, 1.54) is 30.8 Å². The molecule has 1 aliphatic carbocycles. The third-order valence-corrected chi connectivity index (χ3v) is 4.81. The predicted molar refractivity (Wildman–Crippen MR) is 101 cm³/mol. The molecule has 1 aromatic carbocycles. The third-order valence-electron chi connectivity index (χ3n) is 4.81. The van der Waals surface area contributed by atoms with Crippen LogP contribution in [0.15, 0.2) is 42.6 Å². The molecule has 5 nitrogen and oxygen atoms in total. The van der Waals surface area contributed by atoms with E-state index in [0.29, 0.717) is 18.5 Å². The minimum atomic E-state index is -0.279. The number of benzene rings is 1. The number of halogens is 1. The van der Waals surface area contributed by atoms with Gasteiger partial charge in [-0.25, -0.2) is 4.39 Å². The summed E-state index contributed by atoms with van der Waals surface area (Å²) < 4.78 is 12.9. The van der Waals surface area contributed by atoms with Gasteiger partial charge in [-0.3, -0.25) is 14.6 Å². The third kappa shape index (κ3) is 5.61. The van der Waals surface area contributed by atoms with Gasteiger partial charge in [-0.1, -0.05) is 31.4 Å². The molecule has 2 amide bonds. The quantitative estimate of drug-likeness (QED) is 0.821. The molecule has 2 N–H and O–H groups in total. The summed E-state index contributed by atoms with van der Waals surface area (Å²) in [6, 6.07) is 9.49. The molecule has 1 fully saturated rings. The Morgan fingerprint density at radius 1 is 1.04 bits per heavy atom. The molecule has 0 bridgehead atoms. The van der Waals surface area contributed by atoms with Crippen LogP contribution in [0.5, 0.6) is 0 Å². The molecule has 27 heavy (non-hydrogen) atoms. The smallest absolute Gasteiger partial charge is 0.270 e. The zero-order chi connectivity index (χ0) is 19.1. The van der Waals surface area contributed by atoms with Crippen LogP contribution >= 0.6 is 0 Å². The zero-order valence-electron chi connectivity index (χ0n) is 15.2. The Labute approximate surface area is 158 Å². The molecule has 0 spiro atoms. The molecule has 3 rings (SSSR count). The second kappa shape index (κ2) is 9.26. The fraction of sp³-hybridized carbons (Fsp3) is 0.381. The predicted octanol–water partition coefficient (Wildman–Crippen LogP) is 3.26. The average Bonchev–Trinajstić information content (AvgIpc) is 2.70. The van der Waals surface area contributed by atoms with E-state index in [2.05, 4.69) is 15.6 Å². The van der Waals surface area contributed by atoms with Crippen molar-refractivity contribution in [2.75, 3.05) is 6.54 Å². The maximum Gasteiger partial charge on any atom is 0.270 e. The van der Waals surface area contributed by atoms with E-state index >= 15 is 0 Å². The van der Waals surface area contributed by atoms with Crippen molar-refractivity contribution in [2.45, 2.75) is 44.6 Å². The van der Waals surface area contributed by atoms with Crippen LogP contribution in [0.4, 0.5) is 4.39 Å². The van der Waals surface area contributed by atoms with Gasteiger partial charge in [0.05, 0.1) is 0 Å².